The van der Waals surface area contributed by atoms with Crippen molar-refractivity contribution in [1.82, 2.24) is 9.88 Å². The zero-order chi connectivity index (χ0) is 26.2. The van der Waals surface area contributed by atoms with Crippen LogP contribution in [0.25, 0.3) is 10.9 Å². The van der Waals surface area contributed by atoms with E-state index in [0.29, 0.717) is 30.1 Å². The van der Waals surface area contributed by atoms with Crippen LogP contribution in [0.4, 0.5) is 4.39 Å². The van der Waals surface area contributed by atoms with Gasteiger partial charge in [0.25, 0.3) is 0 Å². The molecule has 0 radical (unpaired) electrons. The molecule has 2 aromatic heterocycles. The lowest BCUT2D eigenvalue weighted by Crippen LogP contribution is -2.41. The monoisotopic (exact) mass is 546 g/mol. The molecule has 1 saturated heterocycles. The lowest BCUT2D eigenvalue weighted by Gasteiger charge is -2.39. The number of aryl methyl sites for hydroxylation is 1. The molecule has 0 amide bonds. The highest BCUT2D eigenvalue weighted by Crippen LogP contribution is 2.36. The van der Waals surface area contributed by atoms with E-state index >= 15 is 4.39 Å². The molecule has 8 heteroatoms. The summed E-state index contributed by atoms with van der Waals surface area (Å²) < 4.78 is 20.9. The van der Waals surface area contributed by atoms with E-state index in [9.17, 15) is 9.90 Å². The van der Waals surface area contributed by atoms with Crippen molar-refractivity contribution in [2.24, 2.45) is 11.8 Å². The smallest absolute Gasteiger partial charge is 0.303 e. The van der Waals surface area contributed by atoms with Gasteiger partial charge in [-0.1, -0.05) is 11.6 Å². The lowest BCUT2D eigenvalue weighted by atomic mass is 9.79. The lowest BCUT2D eigenvalue weighted by molar-refractivity contribution is -0.137. The number of rotatable bonds is 13. The van der Waals surface area contributed by atoms with Gasteiger partial charge in [0.1, 0.15) is 11.9 Å². The summed E-state index contributed by atoms with van der Waals surface area (Å²) in [5.41, 5.74) is 1.41. The molecule has 5 nitrogen and oxygen atoms in total. The minimum Gasteiger partial charge on any atom is -0.497 e. The number of halogens is 2. The molecule has 1 fully saturated rings. The number of benzene rings is 1. The number of piperidine rings is 1. The molecule has 1 aliphatic rings. The highest BCUT2D eigenvalue weighted by atomic mass is 35.5. The van der Waals surface area contributed by atoms with Gasteiger partial charge in [0.15, 0.2) is 0 Å². The maximum absolute atomic E-state index is 15.5. The molecule has 37 heavy (non-hydrogen) atoms. The molecule has 1 aromatic carbocycles. The molecule has 0 bridgehead atoms. The first kappa shape index (κ1) is 27.8. The first-order valence-corrected chi connectivity index (χ1v) is 14.4. The van der Waals surface area contributed by atoms with E-state index in [-0.39, 0.29) is 12.3 Å². The van der Waals surface area contributed by atoms with E-state index in [1.54, 1.807) is 30.7 Å². The first-order chi connectivity index (χ1) is 17.9. The highest BCUT2D eigenvalue weighted by molar-refractivity contribution is 7.10. The Labute approximate surface area is 227 Å². The fraction of sp³-hybridized carbons (Fsp3) is 0.517. The summed E-state index contributed by atoms with van der Waals surface area (Å²) in [7, 11) is 1.60. The van der Waals surface area contributed by atoms with E-state index in [1.165, 1.54) is 4.88 Å². The first-order valence-electron chi connectivity index (χ1n) is 13.2. The number of aromatic nitrogens is 1. The number of methoxy groups -OCH3 is 1. The van der Waals surface area contributed by atoms with Crippen molar-refractivity contribution in [3.63, 3.8) is 0 Å². The van der Waals surface area contributed by atoms with Gasteiger partial charge >= 0.3 is 5.97 Å². The normalized spacial score (nSPS) is 19.2. The molecule has 4 rings (SSSR count). The van der Waals surface area contributed by atoms with E-state index in [0.717, 1.165) is 67.7 Å². The van der Waals surface area contributed by atoms with Crippen molar-refractivity contribution >= 4 is 39.8 Å². The Balaban J connectivity index is 1.32. The number of carbonyl (C=O) groups is 1. The molecule has 3 aromatic rings. The van der Waals surface area contributed by atoms with Crippen LogP contribution in [0.1, 0.15) is 61.6 Å². The second kappa shape index (κ2) is 13.5. The average Bonchev–Trinajstić information content (AvgIpc) is 3.32. The highest BCUT2D eigenvalue weighted by Gasteiger charge is 2.30. The van der Waals surface area contributed by atoms with Crippen LogP contribution in [0.15, 0.2) is 41.9 Å². The van der Waals surface area contributed by atoms with Gasteiger partial charge in [0, 0.05) is 29.4 Å². The van der Waals surface area contributed by atoms with Crippen LogP contribution < -0.4 is 4.74 Å². The van der Waals surface area contributed by atoms with E-state index in [1.807, 2.05) is 29.6 Å². The Kier molecular flexibility index (Phi) is 10.2. The molecule has 3 atom stereocenters. The van der Waals surface area contributed by atoms with Crippen molar-refractivity contribution < 1.29 is 19.0 Å². The maximum atomic E-state index is 15.5. The van der Waals surface area contributed by atoms with Gasteiger partial charge in [0.05, 0.1) is 17.6 Å². The minimum absolute atomic E-state index is 0.166. The number of unbranched alkanes of at least 4 members (excludes halogenated alkanes) is 1. The molecule has 0 saturated carbocycles. The van der Waals surface area contributed by atoms with Crippen LogP contribution in [0.3, 0.4) is 0 Å². The zero-order valence-corrected chi connectivity index (χ0v) is 22.9. The van der Waals surface area contributed by atoms with Gasteiger partial charge in [-0.25, -0.2) is 4.39 Å². The average molecular weight is 547 g/mol. The van der Waals surface area contributed by atoms with Gasteiger partial charge in [-0.05, 0) is 111 Å². The minimum atomic E-state index is -1.10. The molecule has 2 unspecified atom stereocenters. The van der Waals surface area contributed by atoms with E-state index in [2.05, 4.69) is 9.88 Å². The van der Waals surface area contributed by atoms with Crippen molar-refractivity contribution in [3.05, 3.63) is 57.4 Å². The Morgan fingerprint density at radius 3 is 2.89 bits per heavy atom. The predicted molar refractivity (Wildman–Crippen MR) is 149 cm³/mol. The fourth-order valence-electron chi connectivity index (χ4n) is 5.56. The Morgan fingerprint density at radius 2 is 2.14 bits per heavy atom. The topological polar surface area (TPSA) is 62.7 Å². The van der Waals surface area contributed by atoms with Crippen LogP contribution in [0.2, 0.25) is 5.02 Å². The number of pyridine rings is 1. The van der Waals surface area contributed by atoms with Crippen molar-refractivity contribution in [3.8, 4) is 5.75 Å². The molecular weight excluding hydrogens is 511 g/mol. The Bertz CT molecular complexity index is 1170. The third-order valence-corrected chi connectivity index (χ3v) is 9.08. The summed E-state index contributed by atoms with van der Waals surface area (Å²) >= 11 is 7.93. The predicted octanol–water partition coefficient (Wildman–Crippen LogP) is 7.57. The molecule has 0 spiro atoms. The number of hydrogen-bond donors (Lipinski definition) is 1. The Morgan fingerprint density at radius 1 is 1.27 bits per heavy atom. The van der Waals surface area contributed by atoms with E-state index < -0.39 is 12.1 Å². The van der Waals surface area contributed by atoms with Crippen molar-refractivity contribution in [2.75, 3.05) is 26.7 Å². The van der Waals surface area contributed by atoms with Crippen molar-refractivity contribution in [1.29, 1.82) is 0 Å². The second-order valence-electron chi connectivity index (χ2n) is 10.0. The number of nitrogens with zero attached hydrogens (tertiary/aromatic N) is 2. The van der Waals surface area contributed by atoms with Gasteiger partial charge in [0.2, 0.25) is 0 Å². The number of hydrogen-bond acceptors (Lipinski definition) is 5. The second-order valence-corrected chi connectivity index (χ2v) is 11.4. The molecule has 1 N–H and O–H groups in total. The third-order valence-electron chi connectivity index (χ3n) is 7.63. The number of aliphatic carboxylic acids is 1. The largest absolute Gasteiger partial charge is 0.497 e. The van der Waals surface area contributed by atoms with Crippen LogP contribution in [0, 0.1) is 11.8 Å². The van der Waals surface area contributed by atoms with Gasteiger partial charge in [-0.2, -0.15) is 0 Å². The standard InChI is InChI=1S/C29H36ClFN2O3S/c1-36-22-7-9-27-24(18-22)23(11-14-32-27)26(31)8-5-20-12-16-33(19-21(20)6-10-29(34)35)15-3-2-4-28-25(30)13-17-37-28/h7,9,11,13-14,17-18,20-21,26H,2-6,8,10,12,15-16,19H2,1H3,(H,34,35)/t20?,21?,26-/m0/s1. The van der Waals surface area contributed by atoms with Crippen LogP contribution in [0.5, 0.6) is 5.75 Å². The van der Waals surface area contributed by atoms with Crippen molar-refractivity contribution in [2.45, 2.75) is 57.5 Å². The summed E-state index contributed by atoms with van der Waals surface area (Å²) in [6.07, 6.45) is 6.73. The van der Waals surface area contributed by atoms with Gasteiger partial charge in [-0.3, -0.25) is 9.78 Å². The quantitative estimate of drug-likeness (QED) is 0.224. The Hall–Kier alpha value is -2.22. The molecule has 200 valence electrons. The number of fused-ring (bicyclic) bond motifs is 1. The summed E-state index contributed by atoms with van der Waals surface area (Å²) in [5, 5.41) is 13.0. The molecule has 1 aliphatic heterocycles. The van der Waals surface area contributed by atoms with Crippen LogP contribution in [-0.4, -0.2) is 47.7 Å². The number of ether oxygens (including phenoxy) is 1. The van der Waals surface area contributed by atoms with Gasteiger partial charge in [-0.15, -0.1) is 11.3 Å². The van der Waals surface area contributed by atoms with Crippen LogP contribution in [-0.2, 0) is 11.2 Å². The fourth-order valence-corrected chi connectivity index (χ4v) is 6.74. The number of carboxylic acid groups (broad SMARTS) is 1. The third kappa shape index (κ3) is 7.65. The number of thiophene rings is 1. The SMILES string of the molecule is COc1ccc2nccc([C@@H](F)CCC3CCN(CCCCc4sccc4Cl)CC3CCC(=O)O)c2c1. The molecule has 0 aliphatic carbocycles. The molecule has 3 heterocycles. The summed E-state index contributed by atoms with van der Waals surface area (Å²) in [6, 6.07) is 9.27. The van der Waals surface area contributed by atoms with E-state index in [4.69, 9.17) is 16.3 Å². The zero-order valence-electron chi connectivity index (χ0n) is 21.4. The summed E-state index contributed by atoms with van der Waals surface area (Å²) in [6.45, 7) is 2.89. The number of alkyl halides is 1. The van der Waals surface area contributed by atoms with Crippen LogP contribution >= 0.6 is 22.9 Å². The summed E-state index contributed by atoms with van der Waals surface area (Å²) in [5.74, 6) is 0.539. The molecular formula is C29H36ClFN2O3S. The summed E-state index contributed by atoms with van der Waals surface area (Å²) in [4.78, 5) is 19.4. The maximum Gasteiger partial charge on any atom is 0.303 e. The number of likely N-dealkylation sites (tertiary alicyclic amines) is 1. The number of carboxylic acids is 1. The van der Waals surface area contributed by atoms with Gasteiger partial charge < -0.3 is 14.7 Å².